The summed E-state index contributed by atoms with van der Waals surface area (Å²) in [7, 11) is 1.58. The lowest BCUT2D eigenvalue weighted by atomic mass is 10.3. The summed E-state index contributed by atoms with van der Waals surface area (Å²) in [4.78, 5) is 0. The fourth-order valence-electron chi connectivity index (χ4n) is 1.49. The molecule has 0 saturated carbocycles. The van der Waals surface area contributed by atoms with Gasteiger partial charge in [0.05, 0.1) is 19.0 Å². The van der Waals surface area contributed by atoms with Gasteiger partial charge in [-0.1, -0.05) is 0 Å². The van der Waals surface area contributed by atoms with Crippen molar-refractivity contribution in [3.05, 3.63) is 0 Å². The zero-order chi connectivity index (χ0) is 13.3. The molecule has 0 saturated heterocycles. The number of ether oxygens (including phenoxy) is 2. The molecule has 1 unspecified atom stereocenters. The second-order valence-corrected chi connectivity index (χ2v) is 5.87. The van der Waals surface area contributed by atoms with Gasteiger partial charge in [0.25, 0.3) is 0 Å². The Morgan fingerprint density at radius 3 is 2.41 bits per heavy atom. The lowest BCUT2D eigenvalue weighted by molar-refractivity contribution is 0.119. The monoisotopic (exact) mass is 268 g/mol. The molecule has 0 amide bonds. The normalized spacial score (nSPS) is 14.2. The Morgan fingerprint density at radius 1 is 1.29 bits per heavy atom. The van der Waals surface area contributed by atoms with Crippen LogP contribution in [0.4, 0.5) is 0 Å². The summed E-state index contributed by atoms with van der Waals surface area (Å²) in [5.41, 5.74) is 0. The number of nitrogens with zero attached hydrogens (tertiary/aromatic N) is 1. The van der Waals surface area contributed by atoms with Crippen molar-refractivity contribution in [2.45, 2.75) is 13.0 Å². The van der Waals surface area contributed by atoms with Gasteiger partial charge in [0.1, 0.15) is 0 Å². The van der Waals surface area contributed by atoms with Crippen LogP contribution in [-0.4, -0.2) is 72.1 Å². The lowest BCUT2D eigenvalue weighted by Gasteiger charge is -2.27. The van der Waals surface area contributed by atoms with Crippen molar-refractivity contribution in [1.29, 1.82) is 0 Å². The molecule has 0 fully saturated rings. The summed E-state index contributed by atoms with van der Waals surface area (Å²) in [6.45, 7) is 3.38. The molecule has 1 atom stereocenters. The van der Waals surface area contributed by atoms with E-state index < -0.39 is 10.0 Å². The zero-order valence-corrected chi connectivity index (χ0v) is 11.9. The van der Waals surface area contributed by atoms with Crippen molar-refractivity contribution >= 4 is 10.0 Å². The quantitative estimate of drug-likeness (QED) is 0.579. The van der Waals surface area contributed by atoms with Crippen LogP contribution < -0.4 is 5.32 Å². The molecule has 0 aromatic heterocycles. The molecule has 0 heterocycles. The third-order valence-corrected chi connectivity index (χ3v) is 4.36. The summed E-state index contributed by atoms with van der Waals surface area (Å²) in [5, 5.41) is 2.84. The van der Waals surface area contributed by atoms with E-state index in [4.69, 9.17) is 9.47 Å². The molecule has 0 bridgehead atoms. The molecule has 1 N–H and O–H groups in total. The predicted octanol–water partition coefficient (Wildman–Crippen LogP) is -0.481. The highest BCUT2D eigenvalue weighted by Crippen LogP contribution is 2.08. The third kappa shape index (κ3) is 6.32. The summed E-state index contributed by atoms with van der Waals surface area (Å²) in [5.74, 6) is 0.0846. The Kier molecular flexibility index (Phi) is 8.71. The standard InChI is InChI=1S/C10H24N2O4S/c1-10(9-16-4)12(6-7-15-3)17(13,14)8-5-11-2/h10-11H,5-9H2,1-4H3. The largest absolute Gasteiger partial charge is 0.383 e. The SMILES string of the molecule is CNCCS(=O)(=O)N(CCOC)C(C)COC. The molecule has 0 aromatic rings. The number of nitrogens with one attached hydrogen (secondary N) is 1. The second-order valence-electron chi connectivity index (χ2n) is 3.83. The van der Waals surface area contributed by atoms with E-state index in [0.717, 1.165) is 0 Å². The predicted molar refractivity (Wildman–Crippen MR) is 67.6 cm³/mol. The summed E-state index contributed by atoms with van der Waals surface area (Å²) in [6.07, 6.45) is 0. The maximum atomic E-state index is 12.1. The van der Waals surface area contributed by atoms with Gasteiger partial charge in [0.2, 0.25) is 10.0 Å². The van der Waals surface area contributed by atoms with E-state index in [2.05, 4.69) is 5.32 Å². The maximum Gasteiger partial charge on any atom is 0.215 e. The van der Waals surface area contributed by atoms with Crippen molar-refractivity contribution < 1.29 is 17.9 Å². The van der Waals surface area contributed by atoms with Crippen LogP contribution in [0, 0.1) is 0 Å². The zero-order valence-electron chi connectivity index (χ0n) is 11.1. The Balaban J connectivity index is 4.64. The second kappa shape index (κ2) is 8.82. The number of hydrogen-bond donors (Lipinski definition) is 1. The highest BCUT2D eigenvalue weighted by Gasteiger charge is 2.26. The smallest absolute Gasteiger partial charge is 0.215 e. The molecule has 0 rings (SSSR count). The van der Waals surface area contributed by atoms with Gasteiger partial charge in [-0.2, -0.15) is 4.31 Å². The molecule has 0 aliphatic rings. The van der Waals surface area contributed by atoms with E-state index in [-0.39, 0.29) is 11.8 Å². The van der Waals surface area contributed by atoms with Crippen molar-refractivity contribution in [3.8, 4) is 0 Å². The fourth-order valence-corrected chi connectivity index (χ4v) is 3.15. The maximum absolute atomic E-state index is 12.1. The molecular weight excluding hydrogens is 244 g/mol. The Bertz CT molecular complexity index is 282. The number of rotatable bonds is 10. The Morgan fingerprint density at radius 2 is 1.94 bits per heavy atom. The van der Waals surface area contributed by atoms with E-state index in [9.17, 15) is 8.42 Å². The van der Waals surface area contributed by atoms with E-state index in [1.807, 2.05) is 6.92 Å². The number of sulfonamides is 1. The molecule has 0 radical (unpaired) electrons. The van der Waals surface area contributed by atoms with Crippen molar-refractivity contribution in [2.24, 2.45) is 0 Å². The molecule has 7 heteroatoms. The first-order chi connectivity index (χ1) is 7.99. The molecule has 104 valence electrons. The Labute approximate surface area is 104 Å². The van der Waals surface area contributed by atoms with E-state index in [1.165, 1.54) is 4.31 Å². The van der Waals surface area contributed by atoms with Crippen molar-refractivity contribution in [3.63, 3.8) is 0 Å². The molecule has 17 heavy (non-hydrogen) atoms. The van der Waals surface area contributed by atoms with E-state index >= 15 is 0 Å². The van der Waals surface area contributed by atoms with Crippen LogP contribution in [0.2, 0.25) is 0 Å². The molecule has 0 aliphatic heterocycles. The first-order valence-corrected chi connectivity index (χ1v) is 7.22. The molecule has 0 aliphatic carbocycles. The van der Waals surface area contributed by atoms with Crippen LogP contribution in [0.1, 0.15) is 6.92 Å². The number of methoxy groups -OCH3 is 2. The minimum absolute atomic E-state index is 0.0846. The van der Waals surface area contributed by atoms with Crippen molar-refractivity contribution in [1.82, 2.24) is 9.62 Å². The van der Waals surface area contributed by atoms with Crippen LogP contribution in [0.5, 0.6) is 0 Å². The molecule has 6 nitrogen and oxygen atoms in total. The highest BCUT2D eigenvalue weighted by molar-refractivity contribution is 7.89. The van der Waals surface area contributed by atoms with Crippen LogP contribution in [0.15, 0.2) is 0 Å². The van der Waals surface area contributed by atoms with Crippen LogP contribution >= 0.6 is 0 Å². The summed E-state index contributed by atoms with van der Waals surface area (Å²) < 4.78 is 35.6. The van der Waals surface area contributed by atoms with E-state index in [1.54, 1.807) is 21.3 Å². The van der Waals surface area contributed by atoms with Gasteiger partial charge < -0.3 is 14.8 Å². The Hall–Kier alpha value is -0.210. The van der Waals surface area contributed by atoms with Gasteiger partial charge >= 0.3 is 0 Å². The van der Waals surface area contributed by atoms with Gasteiger partial charge in [0.15, 0.2) is 0 Å². The average Bonchev–Trinajstić information content (AvgIpc) is 2.27. The topological polar surface area (TPSA) is 67.9 Å². The van der Waals surface area contributed by atoms with Crippen molar-refractivity contribution in [2.75, 3.05) is 53.3 Å². The molecular formula is C10H24N2O4S. The minimum Gasteiger partial charge on any atom is -0.383 e. The van der Waals surface area contributed by atoms with Gasteiger partial charge in [-0.15, -0.1) is 0 Å². The lowest BCUT2D eigenvalue weighted by Crippen LogP contribution is -2.45. The first-order valence-electron chi connectivity index (χ1n) is 5.61. The fraction of sp³-hybridized carbons (Fsp3) is 1.00. The van der Waals surface area contributed by atoms with Crippen LogP contribution in [0.3, 0.4) is 0 Å². The van der Waals surface area contributed by atoms with Crippen LogP contribution in [0.25, 0.3) is 0 Å². The average molecular weight is 268 g/mol. The third-order valence-electron chi connectivity index (χ3n) is 2.38. The molecule has 0 aromatic carbocycles. The van der Waals surface area contributed by atoms with Crippen LogP contribution in [-0.2, 0) is 19.5 Å². The summed E-state index contributed by atoms with van der Waals surface area (Å²) in [6, 6.07) is -0.183. The van der Waals surface area contributed by atoms with Gasteiger partial charge in [-0.3, -0.25) is 0 Å². The molecule has 0 spiro atoms. The van der Waals surface area contributed by atoms with E-state index in [0.29, 0.717) is 26.3 Å². The number of hydrogen-bond acceptors (Lipinski definition) is 5. The van der Waals surface area contributed by atoms with Gasteiger partial charge in [-0.05, 0) is 14.0 Å². The summed E-state index contributed by atoms with van der Waals surface area (Å²) >= 11 is 0. The minimum atomic E-state index is -3.27. The first kappa shape index (κ1) is 16.8. The van der Waals surface area contributed by atoms with Gasteiger partial charge in [-0.25, -0.2) is 8.42 Å². The highest BCUT2D eigenvalue weighted by atomic mass is 32.2. The van der Waals surface area contributed by atoms with Gasteiger partial charge in [0, 0.05) is 33.4 Å².